The second kappa shape index (κ2) is 6.27. The monoisotopic (exact) mass is 344 g/mol. The fourth-order valence-corrected chi connectivity index (χ4v) is 3.45. The number of fused-ring (bicyclic) bond motifs is 1. The van der Waals surface area contributed by atoms with Gasteiger partial charge in [0.05, 0.1) is 28.9 Å². The molecule has 0 amide bonds. The smallest absolute Gasteiger partial charge is 0.219 e. The van der Waals surface area contributed by atoms with Gasteiger partial charge in [0, 0.05) is 26.0 Å². The molecule has 0 aromatic carbocycles. The van der Waals surface area contributed by atoms with Crippen LogP contribution < -0.4 is 10.6 Å². The van der Waals surface area contributed by atoms with E-state index in [1.165, 1.54) is 0 Å². The summed E-state index contributed by atoms with van der Waals surface area (Å²) in [6, 6.07) is 1.99. The van der Waals surface area contributed by atoms with Gasteiger partial charge in [-0.1, -0.05) is 0 Å². The lowest BCUT2D eigenvalue weighted by atomic mass is 10.3. The van der Waals surface area contributed by atoms with Crippen molar-refractivity contribution in [1.29, 1.82) is 0 Å². The summed E-state index contributed by atoms with van der Waals surface area (Å²) >= 11 is 1.62. The van der Waals surface area contributed by atoms with Crippen molar-refractivity contribution >= 4 is 33.3 Å². The van der Waals surface area contributed by atoms with E-state index in [9.17, 15) is 0 Å². The zero-order chi connectivity index (χ0) is 16.5. The highest BCUT2D eigenvalue weighted by molar-refractivity contribution is 7.17. The molecule has 1 atom stereocenters. The molecule has 1 unspecified atom stereocenters. The number of hydrogen-bond donors (Lipinski definition) is 1. The Bertz CT molecular complexity index is 853. The lowest BCUT2D eigenvalue weighted by Gasteiger charge is -2.33. The van der Waals surface area contributed by atoms with Crippen LogP contribution >= 0.6 is 11.3 Å². The standard InChI is InChI=1S/C15H16N6O2S/c1-22-11-8-21(3-4-23-11)14-12-10(2-5-24-12)19-13(20-14)9-6-17-15(16)18-7-9/h2,5-7,11H,3-4,8H2,1H3,(H2,16,17,18). The number of nitrogen functional groups attached to an aromatic ring is 1. The van der Waals surface area contributed by atoms with Crippen molar-refractivity contribution in [2.45, 2.75) is 6.29 Å². The minimum Gasteiger partial charge on any atom is -0.368 e. The number of anilines is 2. The molecule has 0 aliphatic carbocycles. The first-order valence-corrected chi connectivity index (χ1v) is 8.35. The quantitative estimate of drug-likeness (QED) is 0.764. The summed E-state index contributed by atoms with van der Waals surface area (Å²) in [5.41, 5.74) is 7.19. The van der Waals surface area contributed by atoms with Gasteiger partial charge in [-0.25, -0.2) is 19.9 Å². The third-order valence-corrected chi connectivity index (χ3v) is 4.71. The molecule has 3 aromatic heterocycles. The van der Waals surface area contributed by atoms with Crippen molar-refractivity contribution in [2.75, 3.05) is 37.4 Å². The lowest BCUT2D eigenvalue weighted by Crippen LogP contribution is -2.43. The van der Waals surface area contributed by atoms with E-state index in [4.69, 9.17) is 20.2 Å². The van der Waals surface area contributed by atoms with Gasteiger partial charge < -0.3 is 20.1 Å². The van der Waals surface area contributed by atoms with E-state index >= 15 is 0 Å². The number of nitrogens with two attached hydrogens (primary N) is 1. The summed E-state index contributed by atoms with van der Waals surface area (Å²) in [7, 11) is 1.64. The number of nitrogens with zero attached hydrogens (tertiary/aromatic N) is 5. The Kier molecular flexibility index (Phi) is 3.97. The molecule has 8 nitrogen and oxygen atoms in total. The van der Waals surface area contributed by atoms with Crippen molar-refractivity contribution in [3.8, 4) is 11.4 Å². The Labute approximate surface area is 142 Å². The van der Waals surface area contributed by atoms with Crippen LogP contribution in [0.25, 0.3) is 21.6 Å². The van der Waals surface area contributed by atoms with E-state index in [0.29, 0.717) is 19.0 Å². The molecule has 0 bridgehead atoms. The molecule has 0 radical (unpaired) electrons. The molecule has 0 spiro atoms. The molecule has 1 fully saturated rings. The minimum atomic E-state index is -0.257. The molecule has 0 saturated carbocycles. The summed E-state index contributed by atoms with van der Waals surface area (Å²) in [5, 5.41) is 2.01. The third-order valence-electron chi connectivity index (χ3n) is 3.81. The average Bonchev–Trinajstić information content (AvgIpc) is 3.10. The SMILES string of the molecule is COC1CN(c2nc(-c3cnc(N)nc3)nc3ccsc23)CCO1. The van der Waals surface area contributed by atoms with Gasteiger partial charge in [-0.2, -0.15) is 0 Å². The maximum atomic E-state index is 5.56. The fraction of sp³-hybridized carbons (Fsp3) is 0.333. The first kappa shape index (κ1) is 15.2. The highest BCUT2D eigenvalue weighted by Crippen LogP contribution is 2.32. The van der Waals surface area contributed by atoms with Crippen LogP contribution in [0, 0.1) is 0 Å². The molecule has 24 heavy (non-hydrogen) atoms. The van der Waals surface area contributed by atoms with Crippen molar-refractivity contribution < 1.29 is 9.47 Å². The second-order valence-corrected chi connectivity index (χ2v) is 6.23. The van der Waals surface area contributed by atoms with E-state index in [1.54, 1.807) is 30.8 Å². The minimum absolute atomic E-state index is 0.228. The van der Waals surface area contributed by atoms with Crippen molar-refractivity contribution in [2.24, 2.45) is 0 Å². The predicted octanol–water partition coefficient (Wildman–Crippen LogP) is 1.54. The molecule has 1 aliphatic heterocycles. The molecule has 1 aliphatic rings. The largest absolute Gasteiger partial charge is 0.368 e. The zero-order valence-corrected chi connectivity index (χ0v) is 13.9. The first-order chi connectivity index (χ1) is 11.7. The van der Waals surface area contributed by atoms with Crippen LogP contribution in [0.3, 0.4) is 0 Å². The Balaban J connectivity index is 1.79. The first-order valence-electron chi connectivity index (χ1n) is 7.47. The number of rotatable bonds is 3. The molecular weight excluding hydrogens is 328 g/mol. The number of hydrogen-bond acceptors (Lipinski definition) is 9. The van der Waals surface area contributed by atoms with Gasteiger partial charge in [-0.3, -0.25) is 0 Å². The van der Waals surface area contributed by atoms with E-state index < -0.39 is 0 Å². The molecule has 4 heterocycles. The van der Waals surface area contributed by atoms with E-state index in [-0.39, 0.29) is 12.2 Å². The van der Waals surface area contributed by atoms with Crippen LogP contribution in [0.2, 0.25) is 0 Å². The van der Waals surface area contributed by atoms with Crippen LogP contribution in [0.4, 0.5) is 11.8 Å². The molecule has 3 aromatic rings. The summed E-state index contributed by atoms with van der Waals surface area (Å²) < 4.78 is 11.9. The van der Waals surface area contributed by atoms with Crippen LogP contribution in [0.15, 0.2) is 23.8 Å². The summed E-state index contributed by atoms with van der Waals surface area (Å²) in [5.74, 6) is 1.69. The van der Waals surface area contributed by atoms with Crippen LogP contribution in [-0.4, -0.2) is 53.0 Å². The summed E-state index contributed by atoms with van der Waals surface area (Å²) in [6.07, 6.45) is 3.01. The number of morpholine rings is 1. The Morgan fingerprint density at radius 1 is 1.33 bits per heavy atom. The topological polar surface area (TPSA) is 99.3 Å². The third kappa shape index (κ3) is 2.77. The maximum Gasteiger partial charge on any atom is 0.219 e. The molecule has 4 rings (SSSR count). The van der Waals surface area contributed by atoms with Crippen LogP contribution in [0.5, 0.6) is 0 Å². The Morgan fingerprint density at radius 2 is 2.17 bits per heavy atom. The van der Waals surface area contributed by atoms with Gasteiger partial charge in [-0.15, -0.1) is 11.3 Å². The average molecular weight is 344 g/mol. The predicted molar refractivity (Wildman–Crippen MR) is 91.8 cm³/mol. The lowest BCUT2D eigenvalue weighted by molar-refractivity contribution is -0.128. The van der Waals surface area contributed by atoms with Gasteiger partial charge in [-0.05, 0) is 11.4 Å². The molecule has 9 heteroatoms. The van der Waals surface area contributed by atoms with Gasteiger partial charge >= 0.3 is 0 Å². The Hall–Kier alpha value is -2.36. The normalized spacial score (nSPS) is 18.2. The van der Waals surface area contributed by atoms with Crippen LogP contribution in [0.1, 0.15) is 0 Å². The highest BCUT2D eigenvalue weighted by atomic mass is 32.1. The van der Waals surface area contributed by atoms with Gasteiger partial charge in [0.15, 0.2) is 17.9 Å². The van der Waals surface area contributed by atoms with Gasteiger partial charge in [0.25, 0.3) is 0 Å². The second-order valence-electron chi connectivity index (χ2n) is 5.32. The van der Waals surface area contributed by atoms with Crippen LogP contribution in [-0.2, 0) is 9.47 Å². The maximum absolute atomic E-state index is 5.56. The van der Waals surface area contributed by atoms with E-state index in [1.807, 2.05) is 11.4 Å². The van der Waals surface area contributed by atoms with Crippen molar-refractivity contribution in [3.63, 3.8) is 0 Å². The number of thiophene rings is 1. The molecule has 124 valence electrons. The van der Waals surface area contributed by atoms with Gasteiger partial charge in [0.1, 0.15) is 0 Å². The fourth-order valence-electron chi connectivity index (χ4n) is 2.60. The number of aromatic nitrogens is 4. The summed E-state index contributed by atoms with van der Waals surface area (Å²) in [4.78, 5) is 19.6. The molecular formula is C15H16N6O2S. The zero-order valence-electron chi connectivity index (χ0n) is 13.0. The Morgan fingerprint density at radius 3 is 2.96 bits per heavy atom. The van der Waals surface area contributed by atoms with E-state index in [0.717, 1.165) is 28.1 Å². The van der Waals surface area contributed by atoms with Gasteiger partial charge in [0.2, 0.25) is 5.95 Å². The highest BCUT2D eigenvalue weighted by Gasteiger charge is 2.24. The van der Waals surface area contributed by atoms with E-state index in [2.05, 4.69) is 19.9 Å². The number of ether oxygens (including phenoxy) is 2. The summed E-state index contributed by atoms with van der Waals surface area (Å²) in [6.45, 7) is 1.97. The van der Waals surface area contributed by atoms with Crippen molar-refractivity contribution in [3.05, 3.63) is 23.8 Å². The van der Waals surface area contributed by atoms with Crippen molar-refractivity contribution in [1.82, 2.24) is 19.9 Å². The number of methoxy groups -OCH3 is 1. The molecule has 1 saturated heterocycles. The molecule has 2 N–H and O–H groups in total.